The van der Waals surface area contributed by atoms with Gasteiger partial charge in [-0.1, -0.05) is 50.3 Å². The molecule has 0 saturated heterocycles. The van der Waals surface area contributed by atoms with Crippen LogP contribution in [-0.4, -0.2) is 13.4 Å². The third kappa shape index (κ3) is 3.60. The van der Waals surface area contributed by atoms with Crippen LogP contribution in [0.25, 0.3) is 10.8 Å². The van der Waals surface area contributed by atoms with E-state index in [4.69, 9.17) is 4.74 Å². The van der Waals surface area contributed by atoms with Gasteiger partial charge in [-0.05, 0) is 53.5 Å². The van der Waals surface area contributed by atoms with E-state index in [1.165, 1.54) is 66.2 Å². The molecule has 22 heavy (non-hydrogen) atoms. The van der Waals surface area contributed by atoms with Crippen LogP contribution in [0.3, 0.4) is 0 Å². The lowest BCUT2D eigenvalue weighted by Gasteiger charge is -2.21. The molecular formula is C20H26OS. The van der Waals surface area contributed by atoms with Gasteiger partial charge in [0.1, 0.15) is 5.75 Å². The van der Waals surface area contributed by atoms with E-state index in [0.29, 0.717) is 0 Å². The summed E-state index contributed by atoms with van der Waals surface area (Å²) < 4.78 is 5.48. The second kappa shape index (κ2) is 7.41. The molecule has 0 bridgehead atoms. The van der Waals surface area contributed by atoms with Crippen molar-refractivity contribution in [2.75, 3.05) is 13.4 Å². The highest BCUT2D eigenvalue weighted by Gasteiger charge is 2.13. The maximum Gasteiger partial charge on any atom is 0.133 e. The van der Waals surface area contributed by atoms with Gasteiger partial charge in [0.25, 0.3) is 0 Å². The van der Waals surface area contributed by atoms with Crippen molar-refractivity contribution in [2.24, 2.45) is 5.92 Å². The predicted octanol–water partition coefficient (Wildman–Crippen LogP) is 6.08. The lowest BCUT2D eigenvalue weighted by atomic mass is 9.85. The summed E-state index contributed by atoms with van der Waals surface area (Å²) in [5.41, 5.74) is 1.48. The lowest BCUT2D eigenvalue weighted by molar-refractivity contribution is 0.339. The Morgan fingerprint density at radius 2 is 1.86 bits per heavy atom. The number of methoxy groups -OCH3 is 1. The van der Waals surface area contributed by atoms with E-state index in [-0.39, 0.29) is 0 Å². The van der Waals surface area contributed by atoms with Crippen molar-refractivity contribution in [3.8, 4) is 5.75 Å². The number of fused-ring (bicyclic) bond motifs is 1. The van der Waals surface area contributed by atoms with Crippen LogP contribution in [0.5, 0.6) is 5.75 Å². The first-order chi connectivity index (χ1) is 10.8. The van der Waals surface area contributed by atoms with E-state index in [1.807, 2.05) is 0 Å². The zero-order valence-electron chi connectivity index (χ0n) is 13.7. The van der Waals surface area contributed by atoms with Crippen molar-refractivity contribution in [3.63, 3.8) is 0 Å². The molecule has 0 aliphatic heterocycles. The highest BCUT2D eigenvalue weighted by molar-refractivity contribution is 7.98. The van der Waals surface area contributed by atoms with Crippen LogP contribution in [0.15, 0.2) is 35.2 Å². The second-order valence-corrected chi connectivity index (χ2v) is 7.28. The standard InChI is InChI=1S/C20H26OS/c1-21-19-13-17-11-10-16(12-18(17)14-20(19)22-2)9-8-15-6-4-3-5-7-15/h10-15H,3-9H2,1-2H3. The van der Waals surface area contributed by atoms with E-state index in [0.717, 1.165) is 11.7 Å². The van der Waals surface area contributed by atoms with Gasteiger partial charge in [0.05, 0.1) is 7.11 Å². The molecule has 0 heterocycles. The number of benzene rings is 2. The fraction of sp³-hybridized carbons (Fsp3) is 0.500. The molecule has 1 aliphatic carbocycles. The van der Waals surface area contributed by atoms with Crippen molar-refractivity contribution in [2.45, 2.75) is 49.8 Å². The van der Waals surface area contributed by atoms with E-state index < -0.39 is 0 Å². The van der Waals surface area contributed by atoms with E-state index in [1.54, 1.807) is 18.9 Å². The van der Waals surface area contributed by atoms with Gasteiger partial charge >= 0.3 is 0 Å². The summed E-state index contributed by atoms with van der Waals surface area (Å²) in [6.45, 7) is 0. The van der Waals surface area contributed by atoms with Crippen LogP contribution in [0.1, 0.15) is 44.1 Å². The van der Waals surface area contributed by atoms with Gasteiger partial charge in [-0.25, -0.2) is 0 Å². The molecule has 2 heteroatoms. The summed E-state index contributed by atoms with van der Waals surface area (Å²) in [4.78, 5) is 1.22. The highest BCUT2D eigenvalue weighted by Crippen LogP contribution is 2.33. The Balaban J connectivity index is 1.76. The lowest BCUT2D eigenvalue weighted by Crippen LogP contribution is -2.07. The molecule has 1 aliphatic rings. The molecule has 0 atom stereocenters. The van der Waals surface area contributed by atoms with Crippen LogP contribution in [0.4, 0.5) is 0 Å². The molecule has 118 valence electrons. The number of hydrogen-bond donors (Lipinski definition) is 0. The summed E-state index contributed by atoms with van der Waals surface area (Å²) in [7, 11) is 1.75. The molecule has 0 radical (unpaired) electrons. The van der Waals surface area contributed by atoms with Gasteiger partial charge in [-0.15, -0.1) is 11.8 Å². The Morgan fingerprint density at radius 1 is 1.05 bits per heavy atom. The fourth-order valence-corrected chi connectivity index (χ4v) is 4.21. The Hall–Kier alpha value is -1.15. The largest absolute Gasteiger partial charge is 0.496 e. The van der Waals surface area contributed by atoms with Gasteiger partial charge in [-0.3, -0.25) is 0 Å². The maximum absolute atomic E-state index is 5.48. The zero-order valence-corrected chi connectivity index (χ0v) is 14.5. The summed E-state index contributed by atoms with van der Waals surface area (Å²) in [5, 5.41) is 2.61. The zero-order chi connectivity index (χ0) is 15.4. The van der Waals surface area contributed by atoms with Gasteiger partial charge in [-0.2, -0.15) is 0 Å². The number of hydrogen-bond acceptors (Lipinski definition) is 2. The number of ether oxygens (including phenoxy) is 1. The first-order valence-electron chi connectivity index (χ1n) is 8.45. The van der Waals surface area contributed by atoms with Crippen molar-refractivity contribution in [1.29, 1.82) is 0 Å². The van der Waals surface area contributed by atoms with Crippen molar-refractivity contribution >= 4 is 22.5 Å². The molecule has 0 amide bonds. The second-order valence-electron chi connectivity index (χ2n) is 6.43. The summed E-state index contributed by atoms with van der Waals surface area (Å²) in [6, 6.07) is 11.3. The number of aryl methyl sites for hydroxylation is 1. The monoisotopic (exact) mass is 314 g/mol. The molecule has 1 fully saturated rings. The molecule has 0 unspecified atom stereocenters. The van der Waals surface area contributed by atoms with Gasteiger partial charge in [0.2, 0.25) is 0 Å². The topological polar surface area (TPSA) is 9.23 Å². The predicted molar refractivity (Wildman–Crippen MR) is 97.2 cm³/mol. The molecule has 1 saturated carbocycles. The van der Waals surface area contributed by atoms with Gasteiger partial charge in [0.15, 0.2) is 0 Å². The molecule has 0 aromatic heterocycles. The average molecular weight is 314 g/mol. The van der Waals surface area contributed by atoms with Gasteiger partial charge < -0.3 is 4.74 Å². The normalized spacial score (nSPS) is 16.1. The highest BCUT2D eigenvalue weighted by atomic mass is 32.2. The minimum atomic E-state index is 0.960. The van der Waals surface area contributed by atoms with Gasteiger partial charge in [0, 0.05) is 4.90 Å². The molecule has 2 aromatic rings. The number of thioether (sulfide) groups is 1. The van der Waals surface area contributed by atoms with Crippen molar-refractivity contribution in [1.82, 2.24) is 0 Å². The van der Waals surface area contributed by atoms with E-state index >= 15 is 0 Å². The van der Waals surface area contributed by atoms with Crippen LogP contribution >= 0.6 is 11.8 Å². The Morgan fingerprint density at radius 3 is 2.59 bits per heavy atom. The molecular weight excluding hydrogens is 288 g/mol. The Kier molecular flexibility index (Phi) is 5.30. The molecule has 3 rings (SSSR count). The third-order valence-corrected chi connectivity index (χ3v) is 5.73. The number of rotatable bonds is 5. The smallest absolute Gasteiger partial charge is 0.133 e. The molecule has 2 aromatic carbocycles. The minimum absolute atomic E-state index is 0.960. The van der Waals surface area contributed by atoms with E-state index in [9.17, 15) is 0 Å². The minimum Gasteiger partial charge on any atom is -0.496 e. The van der Waals surface area contributed by atoms with Crippen LogP contribution in [0, 0.1) is 5.92 Å². The molecule has 1 nitrogen and oxygen atoms in total. The summed E-state index contributed by atoms with van der Waals surface area (Å²) in [6.07, 6.45) is 11.9. The Bertz CT molecular complexity index is 629. The Labute approximate surface area is 138 Å². The maximum atomic E-state index is 5.48. The first-order valence-corrected chi connectivity index (χ1v) is 9.67. The summed E-state index contributed by atoms with van der Waals surface area (Å²) >= 11 is 1.75. The average Bonchev–Trinajstić information content (AvgIpc) is 2.59. The summed E-state index contributed by atoms with van der Waals surface area (Å²) in [5.74, 6) is 1.94. The quantitative estimate of drug-likeness (QED) is 0.618. The van der Waals surface area contributed by atoms with E-state index in [2.05, 4.69) is 36.6 Å². The third-order valence-electron chi connectivity index (χ3n) is 4.97. The SMILES string of the molecule is COc1cc2ccc(CCC3CCCCC3)cc2cc1SC. The molecule has 0 spiro atoms. The van der Waals surface area contributed by atoms with Crippen molar-refractivity contribution in [3.05, 3.63) is 35.9 Å². The van der Waals surface area contributed by atoms with Crippen molar-refractivity contribution < 1.29 is 4.74 Å². The first kappa shape index (κ1) is 15.7. The fourth-order valence-electron chi connectivity index (χ4n) is 3.63. The van der Waals surface area contributed by atoms with Crippen LogP contribution in [-0.2, 0) is 6.42 Å². The van der Waals surface area contributed by atoms with Crippen LogP contribution < -0.4 is 4.74 Å². The molecule has 0 N–H and O–H groups in total. The van der Waals surface area contributed by atoms with Crippen LogP contribution in [0.2, 0.25) is 0 Å².